The van der Waals surface area contributed by atoms with Gasteiger partial charge < -0.3 is 15.8 Å². The zero-order valence-corrected chi connectivity index (χ0v) is 12.1. The van der Waals surface area contributed by atoms with Gasteiger partial charge in [-0.1, -0.05) is 0 Å². The summed E-state index contributed by atoms with van der Waals surface area (Å²) < 4.78 is 18.6. The van der Waals surface area contributed by atoms with Crippen LogP contribution in [0.25, 0.3) is 0 Å². The van der Waals surface area contributed by atoms with E-state index in [-0.39, 0.29) is 17.8 Å². The standard InChI is InChI=1S/C13H18FN3O4/c1-13(2,3)21-12(18)16-7-11(15)9-6-8(17(19)20)4-5-10(9)14/h4-6,11H,7,15H2,1-3H3,(H,16,18). The third-order valence-corrected chi connectivity index (χ3v) is 2.46. The molecule has 1 rings (SSSR count). The smallest absolute Gasteiger partial charge is 0.407 e. The summed E-state index contributed by atoms with van der Waals surface area (Å²) in [5, 5.41) is 13.1. The monoisotopic (exact) mass is 299 g/mol. The Morgan fingerprint density at radius 3 is 2.67 bits per heavy atom. The molecule has 0 aliphatic rings. The molecule has 8 heteroatoms. The maximum atomic E-state index is 13.6. The predicted octanol–water partition coefficient (Wildman–Crippen LogP) is 2.26. The number of nitrogens with one attached hydrogen (secondary N) is 1. The number of nitro groups is 1. The molecule has 0 saturated heterocycles. The van der Waals surface area contributed by atoms with Crippen molar-refractivity contribution in [1.82, 2.24) is 5.32 Å². The summed E-state index contributed by atoms with van der Waals surface area (Å²) in [6.07, 6.45) is -0.691. The van der Waals surface area contributed by atoms with Gasteiger partial charge in [0.1, 0.15) is 11.4 Å². The fraction of sp³-hybridized carbons (Fsp3) is 0.462. The lowest BCUT2D eigenvalue weighted by molar-refractivity contribution is -0.385. The molecule has 0 bridgehead atoms. The summed E-state index contributed by atoms with van der Waals surface area (Å²) in [5.74, 6) is -0.668. The number of hydrogen-bond acceptors (Lipinski definition) is 5. The molecule has 0 fully saturated rings. The molecule has 0 radical (unpaired) electrons. The first-order valence-electron chi connectivity index (χ1n) is 6.26. The fourth-order valence-electron chi connectivity index (χ4n) is 1.55. The van der Waals surface area contributed by atoms with Crippen LogP contribution in [0.1, 0.15) is 32.4 Å². The molecular weight excluding hydrogens is 281 g/mol. The number of nitrogens with zero attached hydrogens (tertiary/aromatic N) is 1. The van der Waals surface area contributed by atoms with E-state index >= 15 is 0 Å². The van der Waals surface area contributed by atoms with Crippen molar-refractivity contribution >= 4 is 11.8 Å². The first-order chi connectivity index (χ1) is 9.60. The van der Waals surface area contributed by atoms with Crippen LogP contribution >= 0.6 is 0 Å². The van der Waals surface area contributed by atoms with Crippen molar-refractivity contribution in [1.29, 1.82) is 0 Å². The lowest BCUT2D eigenvalue weighted by atomic mass is 10.1. The van der Waals surface area contributed by atoms with Gasteiger partial charge in [0.15, 0.2) is 0 Å². The van der Waals surface area contributed by atoms with Crippen molar-refractivity contribution in [2.24, 2.45) is 5.73 Å². The molecule has 0 aromatic heterocycles. The van der Waals surface area contributed by atoms with Crippen LogP contribution in [0.4, 0.5) is 14.9 Å². The van der Waals surface area contributed by atoms with Gasteiger partial charge in [0, 0.05) is 24.2 Å². The van der Waals surface area contributed by atoms with Crippen molar-refractivity contribution in [3.63, 3.8) is 0 Å². The van der Waals surface area contributed by atoms with Gasteiger partial charge in [0.25, 0.3) is 5.69 Å². The second kappa shape index (κ2) is 6.49. The summed E-state index contributed by atoms with van der Waals surface area (Å²) in [7, 11) is 0. The van der Waals surface area contributed by atoms with Crippen LogP contribution in [0.5, 0.6) is 0 Å². The highest BCUT2D eigenvalue weighted by atomic mass is 19.1. The molecule has 1 atom stereocenters. The average Bonchev–Trinajstić information content (AvgIpc) is 2.34. The van der Waals surface area contributed by atoms with E-state index in [1.807, 2.05) is 0 Å². The van der Waals surface area contributed by atoms with Gasteiger partial charge in [0.2, 0.25) is 0 Å². The number of nitro benzene ring substituents is 1. The summed E-state index contributed by atoms with van der Waals surface area (Å²) >= 11 is 0. The van der Waals surface area contributed by atoms with Crippen LogP contribution in [0, 0.1) is 15.9 Å². The molecular formula is C13H18FN3O4. The molecule has 1 unspecified atom stereocenters. The molecule has 1 aromatic carbocycles. The lowest BCUT2D eigenvalue weighted by Gasteiger charge is -2.21. The predicted molar refractivity (Wildman–Crippen MR) is 74.2 cm³/mol. The molecule has 0 heterocycles. The van der Waals surface area contributed by atoms with Crippen molar-refractivity contribution in [3.05, 3.63) is 39.7 Å². The number of alkyl carbamates (subject to hydrolysis) is 1. The molecule has 1 amide bonds. The van der Waals surface area contributed by atoms with Crippen LogP contribution in [-0.4, -0.2) is 23.2 Å². The summed E-state index contributed by atoms with van der Waals surface area (Å²) in [4.78, 5) is 21.5. The number of benzene rings is 1. The van der Waals surface area contributed by atoms with Crippen LogP contribution in [-0.2, 0) is 4.74 Å². The Hall–Kier alpha value is -2.22. The first kappa shape index (κ1) is 16.8. The van der Waals surface area contributed by atoms with Gasteiger partial charge in [-0.2, -0.15) is 0 Å². The van der Waals surface area contributed by atoms with E-state index in [2.05, 4.69) is 5.32 Å². The largest absolute Gasteiger partial charge is 0.444 e. The SMILES string of the molecule is CC(C)(C)OC(=O)NCC(N)c1cc([N+](=O)[O-])ccc1F. The highest BCUT2D eigenvalue weighted by molar-refractivity contribution is 5.67. The Balaban J connectivity index is 2.72. The number of halogens is 1. The maximum Gasteiger partial charge on any atom is 0.407 e. The van der Waals surface area contributed by atoms with E-state index in [1.54, 1.807) is 20.8 Å². The number of ether oxygens (including phenoxy) is 1. The van der Waals surface area contributed by atoms with Gasteiger partial charge >= 0.3 is 6.09 Å². The summed E-state index contributed by atoms with van der Waals surface area (Å²) in [5.41, 5.74) is 4.78. The average molecular weight is 299 g/mol. The molecule has 7 nitrogen and oxygen atoms in total. The zero-order chi connectivity index (χ0) is 16.2. The summed E-state index contributed by atoms with van der Waals surface area (Å²) in [6.45, 7) is 5.00. The fourth-order valence-corrected chi connectivity index (χ4v) is 1.55. The normalized spacial score (nSPS) is 12.6. The third kappa shape index (κ3) is 5.35. The highest BCUT2D eigenvalue weighted by Gasteiger charge is 2.19. The van der Waals surface area contributed by atoms with Gasteiger partial charge in [-0.25, -0.2) is 9.18 Å². The van der Waals surface area contributed by atoms with Crippen molar-refractivity contribution in [2.45, 2.75) is 32.4 Å². The molecule has 0 aliphatic heterocycles. The number of amides is 1. The van der Waals surface area contributed by atoms with E-state index in [1.165, 1.54) is 0 Å². The van der Waals surface area contributed by atoms with E-state index < -0.39 is 28.5 Å². The Morgan fingerprint density at radius 1 is 1.52 bits per heavy atom. The third-order valence-electron chi connectivity index (χ3n) is 2.46. The van der Waals surface area contributed by atoms with E-state index in [0.717, 1.165) is 18.2 Å². The number of hydrogen-bond donors (Lipinski definition) is 2. The Morgan fingerprint density at radius 2 is 2.14 bits per heavy atom. The number of rotatable bonds is 4. The number of carbonyl (C=O) groups excluding carboxylic acids is 1. The minimum absolute atomic E-state index is 0.0414. The minimum atomic E-state index is -0.919. The van der Waals surface area contributed by atoms with E-state index in [4.69, 9.17) is 10.5 Å². The van der Waals surface area contributed by atoms with Crippen molar-refractivity contribution < 1.29 is 18.8 Å². The molecule has 0 saturated carbocycles. The first-order valence-corrected chi connectivity index (χ1v) is 6.26. The Labute approximate surface area is 121 Å². The number of non-ortho nitro benzene ring substituents is 1. The minimum Gasteiger partial charge on any atom is -0.444 e. The Bertz CT molecular complexity index is 543. The van der Waals surface area contributed by atoms with Gasteiger partial charge in [-0.05, 0) is 26.8 Å². The quantitative estimate of drug-likeness (QED) is 0.655. The van der Waals surface area contributed by atoms with E-state index in [0.29, 0.717) is 0 Å². The van der Waals surface area contributed by atoms with Crippen molar-refractivity contribution in [3.8, 4) is 0 Å². The summed E-state index contributed by atoms with van der Waals surface area (Å²) in [6, 6.07) is 2.15. The van der Waals surface area contributed by atoms with Crippen LogP contribution in [0.2, 0.25) is 0 Å². The zero-order valence-electron chi connectivity index (χ0n) is 12.1. The van der Waals surface area contributed by atoms with Crippen LogP contribution in [0.15, 0.2) is 18.2 Å². The molecule has 0 aliphatic carbocycles. The highest BCUT2D eigenvalue weighted by Crippen LogP contribution is 2.21. The van der Waals surface area contributed by atoms with E-state index in [9.17, 15) is 19.3 Å². The number of carbonyl (C=O) groups is 1. The molecule has 0 spiro atoms. The maximum absolute atomic E-state index is 13.6. The van der Waals surface area contributed by atoms with Gasteiger partial charge in [-0.15, -0.1) is 0 Å². The van der Waals surface area contributed by atoms with Gasteiger partial charge in [-0.3, -0.25) is 10.1 Å². The lowest BCUT2D eigenvalue weighted by Crippen LogP contribution is -2.36. The Kier molecular flexibility index (Phi) is 5.20. The van der Waals surface area contributed by atoms with Crippen LogP contribution < -0.4 is 11.1 Å². The van der Waals surface area contributed by atoms with Crippen molar-refractivity contribution in [2.75, 3.05) is 6.54 Å². The molecule has 116 valence electrons. The molecule has 3 N–H and O–H groups in total. The molecule has 1 aromatic rings. The second-order valence-electron chi connectivity index (χ2n) is 5.45. The van der Waals surface area contributed by atoms with Crippen LogP contribution in [0.3, 0.4) is 0 Å². The topological polar surface area (TPSA) is 107 Å². The second-order valence-corrected chi connectivity index (χ2v) is 5.45. The van der Waals surface area contributed by atoms with Gasteiger partial charge in [0.05, 0.1) is 11.0 Å². The molecule has 21 heavy (non-hydrogen) atoms. The number of nitrogens with two attached hydrogens (primary N) is 1.